The third kappa shape index (κ3) is 2.26. The molecule has 2 nitrogen and oxygen atoms in total. The van der Waals surface area contributed by atoms with Crippen molar-refractivity contribution in [3.05, 3.63) is 45.4 Å². The van der Waals surface area contributed by atoms with Gasteiger partial charge in [-0.25, -0.2) is 9.07 Å². The molecule has 0 amide bonds. The summed E-state index contributed by atoms with van der Waals surface area (Å²) in [5.41, 5.74) is 2.25. The minimum atomic E-state index is -0.410. The zero-order valence-corrected chi connectivity index (χ0v) is 11.8. The van der Waals surface area contributed by atoms with E-state index in [0.717, 1.165) is 36.9 Å². The van der Waals surface area contributed by atoms with Gasteiger partial charge in [-0.15, -0.1) is 0 Å². The molecule has 1 aliphatic rings. The van der Waals surface area contributed by atoms with Crippen molar-refractivity contribution in [3.63, 3.8) is 0 Å². The summed E-state index contributed by atoms with van der Waals surface area (Å²) in [5.74, 6) is -0.410. The van der Waals surface area contributed by atoms with Crippen LogP contribution in [-0.2, 0) is 12.8 Å². The summed E-state index contributed by atoms with van der Waals surface area (Å²) in [6.07, 6.45) is 5.19. The van der Waals surface area contributed by atoms with Gasteiger partial charge in [-0.05, 0) is 37.8 Å². The predicted octanol–water partition coefficient (Wildman–Crippen LogP) is 4.59. The fourth-order valence-electron chi connectivity index (χ4n) is 2.53. The standard InChI is InChI=1S/C14H13Cl2FN2/c15-10-6-4-7-11(17)13(10)19-14(16)9-5-2-1-3-8-12(9)18-19/h4,6-7H,1-3,5,8H2. The molecule has 0 bridgehead atoms. The molecule has 1 aromatic carbocycles. The van der Waals surface area contributed by atoms with Gasteiger partial charge in [0.25, 0.3) is 0 Å². The zero-order valence-electron chi connectivity index (χ0n) is 10.3. The highest BCUT2D eigenvalue weighted by Crippen LogP contribution is 2.32. The van der Waals surface area contributed by atoms with Gasteiger partial charge in [-0.3, -0.25) is 0 Å². The Kier molecular flexibility index (Phi) is 3.50. The Labute approximate surface area is 121 Å². The van der Waals surface area contributed by atoms with Gasteiger partial charge < -0.3 is 0 Å². The van der Waals surface area contributed by atoms with Gasteiger partial charge in [0.2, 0.25) is 0 Å². The molecule has 0 radical (unpaired) electrons. The van der Waals surface area contributed by atoms with Crippen molar-refractivity contribution in [2.24, 2.45) is 0 Å². The van der Waals surface area contributed by atoms with Crippen molar-refractivity contribution < 1.29 is 4.39 Å². The average molecular weight is 299 g/mol. The van der Waals surface area contributed by atoms with Gasteiger partial charge >= 0.3 is 0 Å². The van der Waals surface area contributed by atoms with Crippen LogP contribution in [0.3, 0.4) is 0 Å². The van der Waals surface area contributed by atoms with Crippen LogP contribution in [0.2, 0.25) is 10.2 Å². The maximum atomic E-state index is 14.0. The smallest absolute Gasteiger partial charge is 0.150 e. The van der Waals surface area contributed by atoms with Crippen LogP contribution in [0, 0.1) is 5.82 Å². The molecule has 2 aromatic rings. The van der Waals surface area contributed by atoms with Crippen molar-refractivity contribution in [2.45, 2.75) is 32.1 Å². The molecule has 0 atom stereocenters. The van der Waals surface area contributed by atoms with E-state index in [1.807, 2.05) is 0 Å². The summed E-state index contributed by atoms with van der Waals surface area (Å²) in [5, 5.41) is 5.27. The van der Waals surface area contributed by atoms with Gasteiger partial charge in [0.05, 0.1) is 10.7 Å². The average Bonchev–Trinajstić information content (AvgIpc) is 2.57. The number of hydrogen-bond donors (Lipinski definition) is 0. The molecule has 5 heteroatoms. The number of aryl methyl sites for hydroxylation is 1. The third-order valence-corrected chi connectivity index (χ3v) is 4.19. The van der Waals surface area contributed by atoms with Gasteiger partial charge in [-0.2, -0.15) is 5.10 Å². The van der Waals surface area contributed by atoms with Crippen LogP contribution in [0.4, 0.5) is 4.39 Å². The maximum absolute atomic E-state index is 14.0. The van der Waals surface area contributed by atoms with E-state index in [-0.39, 0.29) is 5.69 Å². The topological polar surface area (TPSA) is 17.8 Å². The summed E-state index contributed by atoms with van der Waals surface area (Å²) in [6, 6.07) is 4.58. The number of rotatable bonds is 1. The second kappa shape index (κ2) is 5.14. The number of para-hydroxylation sites is 1. The van der Waals surface area contributed by atoms with E-state index in [1.165, 1.54) is 17.2 Å². The molecule has 3 rings (SSSR count). The molecule has 1 aliphatic carbocycles. The van der Waals surface area contributed by atoms with Crippen LogP contribution >= 0.6 is 23.2 Å². The highest BCUT2D eigenvalue weighted by Gasteiger charge is 2.21. The van der Waals surface area contributed by atoms with Gasteiger partial charge in [0, 0.05) is 5.56 Å². The van der Waals surface area contributed by atoms with Crippen molar-refractivity contribution in [2.75, 3.05) is 0 Å². The van der Waals surface area contributed by atoms with E-state index < -0.39 is 5.82 Å². The first-order chi connectivity index (χ1) is 9.18. The van der Waals surface area contributed by atoms with E-state index >= 15 is 0 Å². The number of nitrogens with zero attached hydrogens (tertiary/aromatic N) is 2. The largest absolute Gasteiger partial charge is 0.217 e. The zero-order chi connectivity index (χ0) is 13.4. The highest BCUT2D eigenvalue weighted by atomic mass is 35.5. The Bertz CT molecular complexity index is 602. The first-order valence-corrected chi connectivity index (χ1v) is 7.14. The minimum Gasteiger partial charge on any atom is -0.217 e. The molecule has 1 aromatic heterocycles. The van der Waals surface area contributed by atoms with Crippen LogP contribution in [0.1, 0.15) is 30.5 Å². The predicted molar refractivity (Wildman–Crippen MR) is 74.8 cm³/mol. The number of hydrogen-bond acceptors (Lipinski definition) is 1. The Hall–Kier alpha value is -1.06. The lowest BCUT2D eigenvalue weighted by atomic mass is 10.1. The van der Waals surface area contributed by atoms with E-state index in [9.17, 15) is 4.39 Å². The van der Waals surface area contributed by atoms with E-state index in [1.54, 1.807) is 12.1 Å². The number of benzene rings is 1. The molecule has 0 aliphatic heterocycles. The van der Waals surface area contributed by atoms with Crippen LogP contribution < -0.4 is 0 Å². The second-order valence-corrected chi connectivity index (χ2v) is 5.52. The number of aromatic nitrogens is 2. The van der Waals surface area contributed by atoms with Gasteiger partial charge in [-0.1, -0.05) is 35.7 Å². The molecule has 0 unspecified atom stereocenters. The molecule has 19 heavy (non-hydrogen) atoms. The fraction of sp³-hybridized carbons (Fsp3) is 0.357. The van der Waals surface area contributed by atoms with Gasteiger partial charge in [0.1, 0.15) is 16.7 Å². The molecule has 0 saturated carbocycles. The van der Waals surface area contributed by atoms with Crippen LogP contribution in [0.5, 0.6) is 0 Å². The lowest BCUT2D eigenvalue weighted by Crippen LogP contribution is -2.02. The molecular weight excluding hydrogens is 286 g/mol. The Balaban J connectivity index is 2.16. The second-order valence-electron chi connectivity index (χ2n) is 4.76. The quantitative estimate of drug-likeness (QED) is 0.704. The third-order valence-electron chi connectivity index (χ3n) is 3.49. The van der Waals surface area contributed by atoms with E-state index in [4.69, 9.17) is 23.2 Å². The van der Waals surface area contributed by atoms with Crippen LogP contribution in [-0.4, -0.2) is 9.78 Å². The first kappa shape index (κ1) is 12.9. The summed E-state index contributed by atoms with van der Waals surface area (Å²) in [7, 11) is 0. The minimum absolute atomic E-state index is 0.238. The normalized spacial score (nSPS) is 15.1. The number of fused-ring (bicyclic) bond motifs is 1. The first-order valence-electron chi connectivity index (χ1n) is 6.39. The van der Waals surface area contributed by atoms with Crippen molar-refractivity contribution in [3.8, 4) is 5.69 Å². The molecule has 0 N–H and O–H groups in total. The number of halogens is 3. The Morgan fingerprint density at radius 1 is 1.11 bits per heavy atom. The monoisotopic (exact) mass is 298 g/mol. The molecule has 0 saturated heterocycles. The Morgan fingerprint density at radius 2 is 1.89 bits per heavy atom. The lowest BCUT2D eigenvalue weighted by molar-refractivity contribution is 0.608. The van der Waals surface area contributed by atoms with Crippen molar-refractivity contribution in [1.29, 1.82) is 0 Å². The SMILES string of the molecule is Fc1cccc(Cl)c1-n1nc2c(c1Cl)CCCCC2. The molecule has 0 fully saturated rings. The summed E-state index contributed by atoms with van der Waals surface area (Å²) in [6.45, 7) is 0. The summed E-state index contributed by atoms with van der Waals surface area (Å²) < 4.78 is 15.4. The van der Waals surface area contributed by atoms with Crippen LogP contribution in [0.15, 0.2) is 18.2 Å². The maximum Gasteiger partial charge on any atom is 0.150 e. The molecule has 100 valence electrons. The van der Waals surface area contributed by atoms with Crippen molar-refractivity contribution in [1.82, 2.24) is 9.78 Å². The highest BCUT2D eigenvalue weighted by molar-refractivity contribution is 6.33. The van der Waals surface area contributed by atoms with Crippen LogP contribution in [0.25, 0.3) is 5.69 Å². The Morgan fingerprint density at radius 3 is 2.68 bits per heavy atom. The van der Waals surface area contributed by atoms with E-state index in [0.29, 0.717) is 10.2 Å². The summed E-state index contributed by atoms with van der Waals surface area (Å²) >= 11 is 12.4. The van der Waals surface area contributed by atoms with Crippen molar-refractivity contribution >= 4 is 23.2 Å². The molecule has 1 heterocycles. The van der Waals surface area contributed by atoms with Gasteiger partial charge in [0.15, 0.2) is 0 Å². The summed E-state index contributed by atoms with van der Waals surface area (Å²) in [4.78, 5) is 0. The van der Waals surface area contributed by atoms with E-state index in [2.05, 4.69) is 5.10 Å². The lowest BCUT2D eigenvalue weighted by Gasteiger charge is -2.07. The fourth-order valence-corrected chi connectivity index (χ4v) is 3.10. The molecular formula is C14H13Cl2FN2. The molecule has 0 spiro atoms.